The Morgan fingerprint density at radius 2 is 2.15 bits per heavy atom. The molecular formula is C17H21N5O3S. The van der Waals surface area contributed by atoms with Crippen LogP contribution in [0.2, 0.25) is 0 Å². The van der Waals surface area contributed by atoms with Gasteiger partial charge < -0.3 is 9.09 Å². The number of rotatable bonds is 5. The third-order valence-corrected chi connectivity index (χ3v) is 6.60. The van der Waals surface area contributed by atoms with Gasteiger partial charge >= 0.3 is 0 Å². The van der Waals surface area contributed by atoms with Gasteiger partial charge in [-0.3, -0.25) is 0 Å². The SMILES string of the molecule is Cc1noc(C2CCCN(S(=O)(=O)CCn3cnc4ccccc43)C2)n1. The lowest BCUT2D eigenvalue weighted by Crippen LogP contribution is -2.41. The number of nitrogens with zero attached hydrogens (tertiary/aromatic N) is 5. The Hall–Kier alpha value is -2.26. The van der Waals surface area contributed by atoms with Crippen LogP contribution in [0.3, 0.4) is 0 Å². The number of benzene rings is 1. The molecule has 0 saturated carbocycles. The summed E-state index contributed by atoms with van der Waals surface area (Å²) in [5.41, 5.74) is 1.82. The van der Waals surface area contributed by atoms with Crippen LogP contribution in [0.15, 0.2) is 35.1 Å². The molecule has 26 heavy (non-hydrogen) atoms. The number of fused-ring (bicyclic) bond motifs is 1. The molecule has 3 heterocycles. The Morgan fingerprint density at radius 3 is 2.96 bits per heavy atom. The largest absolute Gasteiger partial charge is 0.339 e. The summed E-state index contributed by atoms with van der Waals surface area (Å²) in [4.78, 5) is 8.57. The normalized spacial score (nSPS) is 19.2. The third kappa shape index (κ3) is 3.36. The van der Waals surface area contributed by atoms with Gasteiger partial charge in [-0.2, -0.15) is 4.98 Å². The maximum atomic E-state index is 12.8. The molecule has 1 unspecified atom stereocenters. The summed E-state index contributed by atoms with van der Waals surface area (Å²) >= 11 is 0. The van der Waals surface area contributed by atoms with Gasteiger partial charge in [-0.1, -0.05) is 17.3 Å². The standard InChI is InChI=1S/C17H21N5O3S/c1-13-19-17(25-20-13)14-5-4-8-22(11-14)26(23,24)10-9-21-12-18-15-6-2-3-7-16(15)21/h2-3,6-7,12,14H,4-5,8-11H2,1H3. The predicted molar refractivity (Wildman–Crippen MR) is 96.1 cm³/mol. The monoisotopic (exact) mass is 375 g/mol. The van der Waals surface area contributed by atoms with E-state index in [4.69, 9.17) is 4.52 Å². The molecular weight excluding hydrogens is 354 g/mol. The molecule has 0 aliphatic carbocycles. The highest BCUT2D eigenvalue weighted by Crippen LogP contribution is 2.27. The molecule has 9 heteroatoms. The second kappa shape index (κ2) is 6.81. The second-order valence-corrected chi connectivity index (χ2v) is 8.71. The third-order valence-electron chi connectivity index (χ3n) is 4.79. The summed E-state index contributed by atoms with van der Waals surface area (Å²) in [5, 5.41) is 3.81. The van der Waals surface area contributed by atoms with Crippen molar-refractivity contribution in [3.8, 4) is 0 Å². The van der Waals surface area contributed by atoms with Crippen LogP contribution >= 0.6 is 0 Å². The molecule has 0 N–H and O–H groups in total. The van der Waals surface area contributed by atoms with E-state index >= 15 is 0 Å². The molecule has 1 aliphatic heterocycles. The summed E-state index contributed by atoms with van der Waals surface area (Å²) in [7, 11) is -3.37. The van der Waals surface area contributed by atoms with E-state index in [1.807, 2.05) is 28.8 Å². The Kier molecular flexibility index (Phi) is 4.49. The maximum absolute atomic E-state index is 12.8. The van der Waals surface area contributed by atoms with Crippen molar-refractivity contribution >= 4 is 21.1 Å². The van der Waals surface area contributed by atoms with Crippen LogP contribution in [-0.2, 0) is 16.6 Å². The van der Waals surface area contributed by atoms with E-state index in [1.165, 1.54) is 0 Å². The van der Waals surface area contributed by atoms with Crippen LogP contribution in [0.25, 0.3) is 11.0 Å². The lowest BCUT2D eigenvalue weighted by Gasteiger charge is -2.30. The predicted octanol–water partition coefficient (Wildman–Crippen LogP) is 1.94. The number of para-hydroxylation sites is 2. The van der Waals surface area contributed by atoms with E-state index in [2.05, 4.69) is 15.1 Å². The number of piperidine rings is 1. The van der Waals surface area contributed by atoms with E-state index in [-0.39, 0.29) is 11.7 Å². The first-order valence-corrected chi connectivity index (χ1v) is 10.3. The fraction of sp³-hybridized carbons (Fsp3) is 0.471. The number of aromatic nitrogens is 4. The number of sulfonamides is 1. The minimum atomic E-state index is -3.37. The van der Waals surface area contributed by atoms with E-state index in [1.54, 1.807) is 17.6 Å². The van der Waals surface area contributed by atoms with Crippen molar-refractivity contribution < 1.29 is 12.9 Å². The molecule has 1 atom stereocenters. The summed E-state index contributed by atoms with van der Waals surface area (Å²) in [6.45, 7) is 3.08. The van der Waals surface area contributed by atoms with Gasteiger partial charge in [0.1, 0.15) is 0 Å². The van der Waals surface area contributed by atoms with E-state index in [0.29, 0.717) is 31.3 Å². The number of aryl methyl sites for hydroxylation is 2. The Balaban J connectivity index is 1.46. The number of hydrogen-bond donors (Lipinski definition) is 0. The van der Waals surface area contributed by atoms with Gasteiger partial charge in [0, 0.05) is 19.6 Å². The van der Waals surface area contributed by atoms with Crippen LogP contribution in [0, 0.1) is 6.92 Å². The molecule has 1 aliphatic rings. The fourth-order valence-electron chi connectivity index (χ4n) is 3.41. The average molecular weight is 375 g/mol. The van der Waals surface area contributed by atoms with Crippen LogP contribution in [-0.4, -0.2) is 51.3 Å². The lowest BCUT2D eigenvalue weighted by atomic mass is 10.00. The fourth-order valence-corrected chi connectivity index (χ4v) is 4.91. The molecule has 4 rings (SSSR count). The van der Waals surface area contributed by atoms with Gasteiger partial charge in [-0.15, -0.1) is 0 Å². The second-order valence-electron chi connectivity index (χ2n) is 6.62. The number of imidazole rings is 1. The lowest BCUT2D eigenvalue weighted by molar-refractivity contribution is 0.265. The summed E-state index contributed by atoms with van der Waals surface area (Å²) in [5.74, 6) is 1.12. The molecule has 0 bridgehead atoms. The van der Waals surface area contributed by atoms with Crippen LogP contribution in [0.1, 0.15) is 30.5 Å². The van der Waals surface area contributed by atoms with E-state index in [0.717, 1.165) is 23.9 Å². The first kappa shape index (κ1) is 17.2. The average Bonchev–Trinajstić information content (AvgIpc) is 3.26. The molecule has 0 radical (unpaired) electrons. The van der Waals surface area contributed by atoms with Gasteiger partial charge in [0.25, 0.3) is 0 Å². The molecule has 2 aromatic heterocycles. The Bertz CT molecular complexity index is 1010. The Labute approximate surface area is 151 Å². The first-order chi connectivity index (χ1) is 12.5. The molecule has 1 saturated heterocycles. The molecule has 8 nitrogen and oxygen atoms in total. The topological polar surface area (TPSA) is 94.1 Å². The van der Waals surface area contributed by atoms with Gasteiger partial charge in [0.15, 0.2) is 5.82 Å². The van der Waals surface area contributed by atoms with Crippen molar-refractivity contribution in [3.63, 3.8) is 0 Å². The van der Waals surface area contributed by atoms with E-state index < -0.39 is 10.0 Å². The minimum Gasteiger partial charge on any atom is -0.339 e. The van der Waals surface area contributed by atoms with Crippen LogP contribution in [0.4, 0.5) is 0 Å². The van der Waals surface area contributed by atoms with Crippen molar-refractivity contribution in [2.45, 2.75) is 32.2 Å². The van der Waals surface area contributed by atoms with Gasteiger partial charge in [0.2, 0.25) is 15.9 Å². The minimum absolute atomic E-state index is 0.0335. The molecule has 1 aromatic carbocycles. The highest BCUT2D eigenvalue weighted by atomic mass is 32.2. The molecule has 0 spiro atoms. The number of hydrogen-bond acceptors (Lipinski definition) is 6. The van der Waals surface area contributed by atoms with Crippen molar-refractivity contribution in [2.24, 2.45) is 0 Å². The summed E-state index contributed by atoms with van der Waals surface area (Å²) in [6.07, 6.45) is 3.35. The quantitative estimate of drug-likeness (QED) is 0.676. The van der Waals surface area contributed by atoms with Crippen LogP contribution in [0.5, 0.6) is 0 Å². The smallest absolute Gasteiger partial charge is 0.231 e. The molecule has 138 valence electrons. The van der Waals surface area contributed by atoms with Crippen molar-refractivity contribution in [2.75, 3.05) is 18.8 Å². The van der Waals surface area contributed by atoms with Gasteiger partial charge in [-0.25, -0.2) is 17.7 Å². The van der Waals surface area contributed by atoms with Gasteiger partial charge in [0.05, 0.1) is 29.0 Å². The summed E-state index contributed by atoms with van der Waals surface area (Å²) < 4.78 is 34.3. The van der Waals surface area contributed by atoms with Crippen molar-refractivity contribution in [1.29, 1.82) is 0 Å². The van der Waals surface area contributed by atoms with Gasteiger partial charge in [-0.05, 0) is 31.9 Å². The van der Waals surface area contributed by atoms with Crippen LogP contribution < -0.4 is 0 Å². The zero-order valence-corrected chi connectivity index (χ0v) is 15.4. The zero-order valence-electron chi connectivity index (χ0n) is 14.6. The Morgan fingerprint density at radius 1 is 1.31 bits per heavy atom. The zero-order chi connectivity index (χ0) is 18.1. The van der Waals surface area contributed by atoms with Crippen molar-refractivity contribution in [3.05, 3.63) is 42.3 Å². The molecule has 3 aromatic rings. The maximum Gasteiger partial charge on any atom is 0.231 e. The van der Waals surface area contributed by atoms with Crippen molar-refractivity contribution in [1.82, 2.24) is 24.0 Å². The summed E-state index contributed by atoms with van der Waals surface area (Å²) in [6, 6.07) is 7.71. The highest BCUT2D eigenvalue weighted by molar-refractivity contribution is 7.89. The molecule has 1 fully saturated rings. The molecule has 0 amide bonds. The first-order valence-electron chi connectivity index (χ1n) is 8.71. The van der Waals surface area contributed by atoms with E-state index in [9.17, 15) is 8.42 Å². The highest BCUT2D eigenvalue weighted by Gasteiger charge is 2.32.